The average Bonchev–Trinajstić information content (AvgIpc) is 3.15. The summed E-state index contributed by atoms with van der Waals surface area (Å²) in [5.41, 5.74) is 2.02. The molecule has 1 N–H and O–H groups in total. The van der Waals surface area contributed by atoms with E-state index in [2.05, 4.69) is 24.0 Å². The molecule has 1 spiro atoms. The minimum absolute atomic E-state index is 0.0335. The molecule has 2 saturated heterocycles. The van der Waals surface area contributed by atoms with Gasteiger partial charge in [0.15, 0.2) is 5.69 Å². The summed E-state index contributed by atoms with van der Waals surface area (Å²) in [6.45, 7) is 10.0. The molecule has 0 saturated carbocycles. The lowest BCUT2D eigenvalue weighted by Gasteiger charge is -2.37. The number of ether oxygens (including phenoxy) is 1. The van der Waals surface area contributed by atoms with Gasteiger partial charge in [0.05, 0.1) is 6.54 Å². The van der Waals surface area contributed by atoms with Gasteiger partial charge in [-0.15, -0.1) is 0 Å². The lowest BCUT2D eigenvalue weighted by atomic mass is 9.90. The van der Waals surface area contributed by atoms with Crippen LogP contribution in [0.25, 0.3) is 0 Å². The number of hydrogen-bond donors (Lipinski definition) is 1. The number of amides is 2. The Kier molecular flexibility index (Phi) is 5.25. The van der Waals surface area contributed by atoms with Gasteiger partial charge in [0.1, 0.15) is 5.60 Å². The number of aromatic nitrogens is 2. The average molecular weight is 362 g/mol. The molecule has 1 aromatic rings. The maximum absolute atomic E-state index is 12.8. The molecule has 1 atom stereocenters. The molecule has 2 aliphatic rings. The number of hydrogen-bond acceptors (Lipinski definition) is 4. The second-order valence-electron chi connectivity index (χ2n) is 7.64. The SMILES string of the molecule is CCC[C@H](C)N1CC2(CCN(C(=O)c3n[nH]c(CC)c3C)CC2)OC1=O. The molecule has 2 fully saturated rings. The van der Waals surface area contributed by atoms with Crippen LogP contribution in [0.1, 0.15) is 68.2 Å². The van der Waals surface area contributed by atoms with Crippen LogP contribution in [0.5, 0.6) is 0 Å². The molecular weight excluding hydrogens is 332 g/mol. The van der Waals surface area contributed by atoms with Crippen LogP contribution in [0.3, 0.4) is 0 Å². The Morgan fingerprint density at radius 2 is 2.04 bits per heavy atom. The highest BCUT2D eigenvalue weighted by Crippen LogP contribution is 2.35. The number of H-pyrrole nitrogens is 1. The van der Waals surface area contributed by atoms with Crippen molar-refractivity contribution in [2.45, 2.75) is 71.4 Å². The molecule has 7 heteroatoms. The molecule has 0 bridgehead atoms. The lowest BCUT2D eigenvalue weighted by Crippen LogP contribution is -2.49. The Labute approximate surface area is 155 Å². The van der Waals surface area contributed by atoms with Crippen LogP contribution < -0.4 is 0 Å². The van der Waals surface area contributed by atoms with Gasteiger partial charge in [-0.25, -0.2) is 4.79 Å². The van der Waals surface area contributed by atoms with Gasteiger partial charge in [0.2, 0.25) is 0 Å². The molecular formula is C19H30N4O3. The molecule has 3 heterocycles. The zero-order chi connectivity index (χ0) is 18.9. The Morgan fingerprint density at radius 1 is 1.35 bits per heavy atom. The number of likely N-dealkylation sites (tertiary alicyclic amines) is 1. The monoisotopic (exact) mass is 362 g/mol. The van der Waals surface area contributed by atoms with Crippen molar-refractivity contribution >= 4 is 12.0 Å². The van der Waals surface area contributed by atoms with Gasteiger partial charge >= 0.3 is 6.09 Å². The van der Waals surface area contributed by atoms with E-state index in [0.717, 1.165) is 30.5 Å². The van der Waals surface area contributed by atoms with E-state index < -0.39 is 5.60 Å². The summed E-state index contributed by atoms with van der Waals surface area (Å²) in [6.07, 6.45) is 4.02. The van der Waals surface area contributed by atoms with Crippen LogP contribution in [0, 0.1) is 6.92 Å². The van der Waals surface area contributed by atoms with Crippen molar-refractivity contribution in [3.63, 3.8) is 0 Å². The third kappa shape index (κ3) is 3.31. The Morgan fingerprint density at radius 3 is 2.62 bits per heavy atom. The summed E-state index contributed by atoms with van der Waals surface area (Å²) in [6, 6.07) is 0.200. The van der Waals surface area contributed by atoms with Crippen LogP contribution in [0.4, 0.5) is 4.79 Å². The molecule has 0 aliphatic carbocycles. The molecule has 0 unspecified atom stereocenters. The molecule has 2 aliphatic heterocycles. The first kappa shape index (κ1) is 18.7. The van der Waals surface area contributed by atoms with Gasteiger partial charge in [0.25, 0.3) is 5.91 Å². The van der Waals surface area contributed by atoms with E-state index in [1.165, 1.54) is 0 Å². The van der Waals surface area contributed by atoms with Gasteiger partial charge in [-0.05, 0) is 26.7 Å². The molecule has 7 nitrogen and oxygen atoms in total. The van der Waals surface area contributed by atoms with Gasteiger partial charge in [-0.3, -0.25) is 9.89 Å². The molecule has 2 amide bonds. The predicted octanol–water partition coefficient (Wildman–Crippen LogP) is 2.90. The van der Waals surface area contributed by atoms with Crippen LogP contribution in [0.15, 0.2) is 0 Å². The summed E-state index contributed by atoms with van der Waals surface area (Å²) in [5, 5.41) is 7.16. The summed E-state index contributed by atoms with van der Waals surface area (Å²) >= 11 is 0. The van der Waals surface area contributed by atoms with Crippen molar-refractivity contribution < 1.29 is 14.3 Å². The van der Waals surface area contributed by atoms with Crippen molar-refractivity contribution in [2.24, 2.45) is 0 Å². The highest BCUT2D eigenvalue weighted by Gasteiger charge is 2.48. The van der Waals surface area contributed by atoms with E-state index in [1.807, 2.05) is 23.6 Å². The molecule has 26 heavy (non-hydrogen) atoms. The summed E-state index contributed by atoms with van der Waals surface area (Å²) in [4.78, 5) is 28.8. The first-order valence-electron chi connectivity index (χ1n) is 9.73. The van der Waals surface area contributed by atoms with E-state index in [-0.39, 0.29) is 18.0 Å². The first-order chi connectivity index (χ1) is 12.4. The minimum Gasteiger partial charge on any atom is -0.441 e. The lowest BCUT2D eigenvalue weighted by molar-refractivity contribution is 0.00288. The van der Waals surface area contributed by atoms with E-state index >= 15 is 0 Å². The van der Waals surface area contributed by atoms with E-state index in [4.69, 9.17) is 4.74 Å². The number of rotatable bonds is 5. The molecule has 0 aromatic carbocycles. The van der Waals surface area contributed by atoms with Gasteiger partial charge in [-0.2, -0.15) is 5.10 Å². The van der Waals surface area contributed by atoms with Crippen molar-refractivity contribution in [1.29, 1.82) is 0 Å². The number of carbonyl (C=O) groups excluding carboxylic acids is 2. The second kappa shape index (κ2) is 7.29. The fraction of sp³-hybridized carbons (Fsp3) is 0.737. The van der Waals surface area contributed by atoms with Crippen molar-refractivity contribution in [3.05, 3.63) is 17.0 Å². The molecule has 1 aromatic heterocycles. The first-order valence-corrected chi connectivity index (χ1v) is 9.73. The normalized spacial score (nSPS) is 20.5. The Hall–Kier alpha value is -2.05. The molecule has 3 rings (SSSR count). The van der Waals surface area contributed by atoms with E-state index in [9.17, 15) is 9.59 Å². The van der Waals surface area contributed by atoms with Gasteiger partial charge in [0, 0.05) is 43.2 Å². The summed E-state index contributed by atoms with van der Waals surface area (Å²) < 4.78 is 5.78. The number of nitrogens with one attached hydrogen (secondary N) is 1. The molecule has 144 valence electrons. The maximum Gasteiger partial charge on any atom is 0.410 e. The number of piperidine rings is 1. The Bertz CT molecular complexity index is 676. The Balaban J connectivity index is 1.63. The highest BCUT2D eigenvalue weighted by molar-refractivity contribution is 5.94. The number of aromatic amines is 1. The quantitative estimate of drug-likeness (QED) is 0.873. The predicted molar refractivity (Wildman–Crippen MR) is 98.1 cm³/mol. The zero-order valence-corrected chi connectivity index (χ0v) is 16.3. The largest absolute Gasteiger partial charge is 0.441 e. The topological polar surface area (TPSA) is 78.5 Å². The van der Waals surface area contributed by atoms with Crippen LogP contribution in [-0.4, -0.2) is 63.3 Å². The van der Waals surface area contributed by atoms with E-state index in [0.29, 0.717) is 38.2 Å². The van der Waals surface area contributed by atoms with Crippen LogP contribution in [0.2, 0.25) is 0 Å². The number of nitrogens with zero attached hydrogens (tertiary/aromatic N) is 3. The number of aryl methyl sites for hydroxylation is 1. The standard InChI is InChI=1S/C19H30N4O3/c1-5-7-13(3)23-12-19(26-18(23)25)8-10-22(11-9-19)17(24)16-14(4)15(6-2)20-21-16/h13H,5-12H2,1-4H3,(H,20,21)/t13-/m0/s1. The fourth-order valence-electron chi connectivity index (χ4n) is 4.07. The van der Waals surface area contributed by atoms with Gasteiger partial charge in [-0.1, -0.05) is 20.3 Å². The van der Waals surface area contributed by atoms with Crippen LogP contribution >= 0.6 is 0 Å². The third-order valence-corrected chi connectivity index (χ3v) is 5.86. The molecule has 0 radical (unpaired) electrons. The maximum atomic E-state index is 12.8. The van der Waals surface area contributed by atoms with Crippen molar-refractivity contribution in [2.75, 3.05) is 19.6 Å². The smallest absolute Gasteiger partial charge is 0.410 e. The minimum atomic E-state index is -0.439. The second-order valence-corrected chi connectivity index (χ2v) is 7.64. The zero-order valence-electron chi connectivity index (χ0n) is 16.3. The summed E-state index contributed by atoms with van der Waals surface area (Å²) in [5.74, 6) is -0.0335. The van der Waals surface area contributed by atoms with Crippen LogP contribution in [-0.2, 0) is 11.2 Å². The third-order valence-electron chi connectivity index (χ3n) is 5.86. The van der Waals surface area contributed by atoms with Crippen molar-refractivity contribution in [3.8, 4) is 0 Å². The van der Waals surface area contributed by atoms with E-state index in [1.54, 1.807) is 0 Å². The van der Waals surface area contributed by atoms with Gasteiger partial charge < -0.3 is 14.5 Å². The number of carbonyl (C=O) groups is 2. The van der Waals surface area contributed by atoms with Crippen molar-refractivity contribution in [1.82, 2.24) is 20.0 Å². The highest BCUT2D eigenvalue weighted by atomic mass is 16.6. The summed E-state index contributed by atoms with van der Waals surface area (Å²) in [7, 11) is 0. The fourth-order valence-corrected chi connectivity index (χ4v) is 4.07.